The molecule has 0 aliphatic rings. The number of nitrogens with zero attached hydrogens (tertiary/aromatic N) is 2. The highest BCUT2D eigenvalue weighted by Gasteiger charge is 2.17. The van der Waals surface area contributed by atoms with Gasteiger partial charge in [-0.25, -0.2) is 14.3 Å². The average molecular weight is 210 g/mol. The van der Waals surface area contributed by atoms with Crippen molar-refractivity contribution in [2.45, 2.75) is 46.1 Å². The summed E-state index contributed by atoms with van der Waals surface area (Å²) in [6, 6.07) is 0. The number of carbonyl (C=O) groups excluding carboxylic acids is 1. The molecule has 0 radical (unpaired) electrons. The Morgan fingerprint density at radius 2 is 2.20 bits per heavy atom. The van der Waals surface area contributed by atoms with Gasteiger partial charge in [0, 0.05) is 6.20 Å². The van der Waals surface area contributed by atoms with Crippen molar-refractivity contribution in [3.63, 3.8) is 0 Å². The lowest BCUT2D eigenvalue weighted by atomic mass is 10.2. The first-order valence-electron chi connectivity index (χ1n) is 5.18. The van der Waals surface area contributed by atoms with E-state index in [4.69, 9.17) is 4.74 Å². The molecule has 15 heavy (non-hydrogen) atoms. The van der Waals surface area contributed by atoms with Gasteiger partial charge in [0.15, 0.2) is 0 Å². The quantitative estimate of drug-likeness (QED) is 0.753. The van der Waals surface area contributed by atoms with Gasteiger partial charge in [-0.15, -0.1) is 0 Å². The molecule has 0 N–H and O–H groups in total. The first kappa shape index (κ1) is 11.8. The lowest BCUT2D eigenvalue weighted by molar-refractivity contribution is 0.0536. The van der Waals surface area contributed by atoms with E-state index in [1.807, 2.05) is 20.8 Å². The second kappa shape index (κ2) is 4.47. The first-order valence-corrected chi connectivity index (χ1v) is 5.18. The number of aromatic nitrogens is 2. The van der Waals surface area contributed by atoms with Crippen LogP contribution in [0.15, 0.2) is 12.5 Å². The lowest BCUT2D eigenvalue weighted by Gasteiger charge is -2.19. The number of rotatable bonds is 2. The van der Waals surface area contributed by atoms with E-state index < -0.39 is 5.60 Å². The number of hydrogen-bond donors (Lipinski definition) is 0. The van der Waals surface area contributed by atoms with Crippen molar-refractivity contribution in [3.05, 3.63) is 18.2 Å². The minimum absolute atomic E-state index is 0.377. The molecule has 0 unspecified atom stereocenters. The Balaban J connectivity index is 2.66. The molecule has 1 aromatic heterocycles. The minimum atomic E-state index is -0.466. The van der Waals surface area contributed by atoms with Crippen LogP contribution in [0.25, 0.3) is 0 Å². The van der Waals surface area contributed by atoms with Gasteiger partial charge < -0.3 is 4.74 Å². The third-order valence-electron chi connectivity index (χ3n) is 1.75. The molecule has 0 aliphatic heterocycles. The molecule has 0 amide bonds. The molecular weight excluding hydrogens is 192 g/mol. The number of hydrogen-bond acceptors (Lipinski definition) is 3. The molecule has 0 fully saturated rings. The zero-order valence-electron chi connectivity index (χ0n) is 9.78. The fraction of sp³-hybridized carbons (Fsp3) is 0.636. The van der Waals surface area contributed by atoms with Crippen LogP contribution in [0.1, 0.15) is 39.8 Å². The van der Waals surface area contributed by atoms with E-state index in [0.717, 1.165) is 18.5 Å². The summed E-state index contributed by atoms with van der Waals surface area (Å²) in [5, 5.41) is 0. The maximum Gasteiger partial charge on any atom is 0.419 e. The standard InChI is InChI=1S/C11H18N2O2/c1-5-6-9-7-13(8-12-9)10(14)15-11(2,3)4/h7-8H,5-6H2,1-4H3. The highest BCUT2D eigenvalue weighted by Crippen LogP contribution is 2.09. The minimum Gasteiger partial charge on any atom is -0.443 e. The van der Waals surface area contributed by atoms with Crippen molar-refractivity contribution >= 4 is 6.09 Å². The van der Waals surface area contributed by atoms with Gasteiger partial charge in [-0.2, -0.15) is 0 Å². The summed E-state index contributed by atoms with van der Waals surface area (Å²) in [6.45, 7) is 7.60. The Bertz CT molecular complexity index is 337. The summed E-state index contributed by atoms with van der Waals surface area (Å²) in [4.78, 5) is 15.7. The summed E-state index contributed by atoms with van der Waals surface area (Å²) in [5.41, 5.74) is 0.454. The Hall–Kier alpha value is -1.32. The number of carbonyl (C=O) groups is 1. The first-order chi connectivity index (χ1) is 6.92. The molecule has 0 aromatic carbocycles. The van der Waals surface area contributed by atoms with Crippen molar-refractivity contribution in [2.24, 2.45) is 0 Å². The molecule has 0 saturated heterocycles. The maximum absolute atomic E-state index is 11.6. The molecule has 1 aromatic rings. The molecule has 4 heteroatoms. The van der Waals surface area contributed by atoms with E-state index >= 15 is 0 Å². The van der Waals surface area contributed by atoms with E-state index in [2.05, 4.69) is 11.9 Å². The second-order valence-corrected chi connectivity index (χ2v) is 4.50. The Kier molecular flexibility index (Phi) is 3.50. The van der Waals surface area contributed by atoms with Crippen molar-refractivity contribution < 1.29 is 9.53 Å². The number of aryl methyl sites for hydroxylation is 1. The van der Waals surface area contributed by atoms with E-state index in [0.29, 0.717) is 0 Å². The Morgan fingerprint density at radius 3 is 2.73 bits per heavy atom. The van der Waals surface area contributed by atoms with Crippen LogP contribution in [0.3, 0.4) is 0 Å². The third kappa shape index (κ3) is 3.73. The molecule has 0 spiro atoms. The number of imidazole rings is 1. The Morgan fingerprint density at radius 1 is 1.53 bits per heavy atom. The van der Waals surface area contributed by atoms with Gasteiger partial charge >= 0.3 is 6.09 Å². The molecule has 0 saturated carbocycles. The van der Waals surface area contributed by atoms with Gasteiger partial charge in [0.2, 0.25) is 0 Å². The molecule has 0 aliphatic carbocycles. The van der Waals surface area contributed by atoms with Crippen LogP contribution in [0, 0.1) is 0 Å². The zero-order chi connectivity index (χ0) is 11.5. The fourth-order valence-corrected chi connectivity index (χ4v) is 1.16. The molecule has 84 valence electrons. The van der Waals surface area contributed by atoms with Crippen LogP contribution in [0.5, 0.6) is 0 Å². The molecular formula is C11H18N2O2. The van der Waals surface area contributed by atoms with Crippen molar-refractivity contribution in [1.29, 1.82) is 0 Å². The molecule has 1 heterocycles. The maximum atomic E-state index is 11.6. The summed E-state index contributed by atoms with van der Waals surface area (Å²) in [7, 11) is 0. The van der Waals surface area contributed by atoms with E-state index in [-0.39, 0.29) is 6.09 Å². The third-order valence-corrected chi connectivity index (χ3v) is 1.75. The highest BCUT2D eigenvalue weighted by molar-refractivity contribution is 5.70. The van der Waals surface area contributed by atoms with Gasteiger partial charge in [-0.3, -0.25) is 0 Å². The largest absolute Gasteiger partial charge is 0.443 e. The van der Waals surface area contributed by atoms with Gasteiger partial charge in [0.05, 0.1) is 5.69 Å². The smallest absolute Gasteiger partial charge is 0.419 e. The van der Waals surface area contributed by atoms with Crippen molar-refractivity contribution in [2.75, 3.05) is 0 Å². The second-order valence-electron chi connectivity index (χ2n) is 4.50. The highest BCUT2D eigenvalue weighted by atomic mass is 16.6. The van der Waals surface area contributed by atoms with Crippen LogP contribution < -0.4 is 0 Å². The zero-order valence-corrected chi connectivity index (χ0v) is 9.78. The predicted octanol–water partition coefficient (Wildman–Crippen LogP) is 2.62. The van der Waals surface area contributed by atoms with Crippen LogP contribution in [-0.4, -0.2) is 21.2 Å². The molecule has 1 rings (SSSR count). The molecule has 0 bridgehead atoms. The summed E-state index contributed by atoms with van der Waals surface area (Å²) in [6.07, 6.45) is 4.75. The summed E-state index contributed by atoms with van der Waals surface area (Å²) < 4.78 is 6.58. The Labute approximate surface area is 90.3 Å². The lowest BCUT2D eigenvalue weighted by Crippen LogP contribution is -2.26. The van der Waals surface area contributed by atoms with Gasteiger partial charge in [-0.05, 0) is 27.2 Å². The normalized spacial score (nSPS) is 11.5. The summed E-state index contributed by atoms with van der Waals surface area (Å²) in [5.74, 6) is 0. The monoisotopic (exact) mass is 210 g/mol. The van der Waals surface area contributed by atoms with E-state index in [9.17, 15) is 4.79 Å². The van der Waals surface area contributed by atoms with Crippen LogP contribution in [0.4, 0.5) is 4.79 Å². The SMILES string of the molecule is CCCc1cn(C(=O)OC(C)(C)C)cn1. The van der Waals surface area contributed by atoms with Crippen molar-refractivity contribution in [1.82, 2.24) is 9.55 Å². The number of ether oxygens (including phenoxy) is 1. The fourth-order valence-electron chi connectivity index (χ4n) is 1.16. The topological polar surface area (TPSA) is 44.1 Å². The van der Waals surface area contributed by atoms with Crippen molar-refractivity contribution in [3.8, 4) is 0 Å². The van der Waals surface area contributed by atoms with E-state index in [1.54, 1.807) is 6.20 Å². The predicted molar refractivity (Wildman–Crippen MR) is 57.9 cm³/mol. The average Bonchev–Trinajstić information content (AvgIpc) is 2.50. The van der Waals surface area contributed by atoms with Gasteiger partial charge in [0.1, 0.15) is 11.9 Å². The molecule has 4 nitrogen and oxygen atoms in total. The van der Waals surface area contributed by atoms with Gasteiger partial charge in [0.25, 0.3) is 0 Å². The van der Waals surface area contributed by atoms with Crippen LogP contribution in [-0.2, 0) is 11.2 Å². The molecule has 0 atom stereocenters. The van der Waals surface area contributed by atoms with E-state index in [1.165, 1.54) is 10.9 Å². The van der Waals surface area contributed by atoms with Crippen LogP contribution >= 0.6 is 0 Å². The van der Waals surface area contributed by atoms with Gasteiger partial charge in [-0.1, -0.05) is 13.3 Å². The van der Waals surface area contributed by atoms with Crippen LogP contribution in [0.2, 0.25) is 0 Å². The summed E-state index contributed by atoms with van der Waals surface area (Å²) >= 11 is 0.